The zero-order valence-corrected chi connectivity index (χ0v) is 11.2. The largest absolute Gasteiger partial charge is 0.213 e. The first-order chi connectivity index (χ1) is 8.74. The summed E-state index contributed by atoms with van der Waals surface area (Å²) in [5.41, 5.74) is 5.53. The number of aryl methyl sites for hydroxylation is 2. The quantitative estimate of drug-likeness (QED) is 0.563. The summed E-state index contributed by atoms with van der Waals surface area (Å²) in [7, 11) is 0. The lowest BCUT2D eigenvalue weighted by Crippen LogP contribution is -2.44. The van der Waals surface area contributed by atoms with Crippen LogP contribution in [0, 0.1) is 13.8 Å². The van der Waals surface area contributed by atoms with E-state index in [4.69, 9.17) is 0 Å². The number of allylic oxidation sites excluding steroid dienone is 1. The van der Waals surface area contributed by atoms with E-state index in [2.05, 4.69) is 69.0 Å². The van der Waals surface area contributed by atoms with Crippen LogP contribution in [-0.4, -0.2) is 6.71 Å². The first-order valence-corrected chi connectivity index (χ1v) is 6.46. The summed E-state index contributed by atoms with van der Waals surface area (Å²) >= 11 is 0. The number of rotatable bonds is 4. The van der Waals surface area contributed by atoms with E-state index in [0.717, 1.165) is 6.32 Å². The molecule has 0 aromatic heterocycles. The van der Waals surface area contributed by atoms with Gasteiger partial charge in [-0.05, 0) is 20.2 Å². The molecule has 0 amide bonds. The van der Waals surface area contributed by atoms with Gasteiger partial charge in [-0.2, -0.15) is 0 Å². The van der Waals surface area contributed by atoms with Crippen molar-refractivity contribution < 1.29 is 0 Å². The molecule has 1 heteroatoms. The Balaban J connectivity index is 2.50. The van der Waals surface area contributed by atoms with Crippen molar-refractivity contribution >= 4 is 17.6 Å². The summed E-state index contributed by atoms with van der Waals surface area (Å²) in [4.78, 5) is 0. The fourth-order valence-electron chi connectivity index (χ4n) is 2.54. The van der Waals surface area contributed by atoms with E-state index in [1.165, 1.54) is 22.1 Å². The maximum Gasteiger partial charge on any atom is 0.213 e. The number of benzene rings is 2. The molecule has 90 valence electrons. The summed E-state index contributed by atoms with van der Waals surface area (Å²) in [6.07, 6.45) is 3.00. The average Bonchev–Trinajstić information content (AvgIpc) is 2.38. The minimum absolute atomic E-state index is 0.421. The van der Waals surface area contributed by atoms with Gasteiger partial charge >= 0.3 is 0 Å². The molecule has 0 fully saturated rings. The predicted molar refractivity (Wildman–Crippen MR) is 82.4 cm³/mol. The van der Waals surface area contributed by atoms with Gasteiger partial charge < -0.3 is 0 Å². The van der Waals surface area contributed by atoms with E-state index >= 15 is 0 Å². The van der Waals surface area contributed by atoms with Gasteiger partial charge in [-0.1, -0.05) is 76.7 Å². The van der Waals surface area contributed by atoms with E-state index < -0.39 is 0 Å². The standard InChI is InChI=1S/C17H19B/c1-4-13-18(16-11-7-5-9-14(16)2)17-12-8-6-10-15(17)3/h4-12H,1,13H2,2-3H3. The van der Waals surface area contributed by atoms with Crippen LogP contribution in [0.1, 0.15) is 11.1 Å². The second-order valence-electron chi connectivity index (χ2n) is 4.79. The number of hydrogen-bond acceptors (Lipinski definition) is 0. The van der Waals surface area contributed by atoms with Gasteiger partial charge in [-0.15, -0.1) is 6.58 Å². The molecule has 0 spiro atoms. The van der Waals surface area contributed by atoms with Crippen LogP contribution in [-0.2, 0) is 0 Å². The molecule has 0 saturated carbocycles. The second kappa shape index (κ2) is 5.73. The maximum atomic E-state index is 3.91. The van der Waals surface area contributed by atoms with Crippen LogP contribution < -0.4 is 10.9 Å². The predicted octanol–water partition coefficient (Wildman–Crippen LogP) is 3.10. The van der Waals surface area contributed by atoms with Gasteiger partial charge in [0, 0.05) is 0 Å². The van der Waals surface area contributed by atoms with Crippen molar-refractivity contribution in [3.05, 3.63) is 72.3 Å². The highest BCUT2D eigenvalue weighted by atomic mass is 14.0. The molecule has 18 heavy (non-hydrogen) atoms. The molecule has 0 aliphatic rings. The second-order valence-corrected chi connectivity index (χ2v) is 4.79. The molecule has 0 nitrogen and oxygen atoms in total. The highest BCUT2D eigenvalue weighted by Gasteiger charge is 2.20. The molecule has 2 aromatic rings. The number of hydrogen-bond donors (Lipinski definition) is 0. The summed E-state index contributed by atoms with van der Waals surface area (Å²) in [6.45, 7) is 8.70. The normalized spacial score (nSPS) is 10.1. The topological polar surface area (TPSA) is 0 Å². The molecule has 0 saturated heterocycles. The molecule has 0 heterocycles. The monoisotopic (exact) mass is 234 g/mol. The summed E-state index contributed by atoms with van der Waals surface area (Å²) in [6, 6.07) is 17.3. The molecular formula is C17H19B. The summed E-state index contributed by atoms with van der Waals surface area (Å²) in [5, 5.41) is 0. The molecule has 0 N–H and O–H groups in total. The van der Waals surface area contributed by atoms with E-state index in [-0.39, 0.29) is 0 Å². The minimum Gasteiger partial charge on any atom is -0.104 e. The Morgan fingerprint density at radius 1 is 0.889 bits per heavy atom. The van der Waals surface area contributed by atoms with E-state index in [0.29, 0.717) is 6.71 Å². The molecule has 0 aliphatic carbocycles. The first-order valence-electron chi connectivity index (χ1n) is 6.46. The van der Waals surface area contributed by atoms with Crippen molar-refractivity contribution in [2.24, 2.45) is 0 Å². The SMILES string of the molecule is C=CCB(c1ccccc1C)c1ccccc1C. The van der Waals surface area contributed by atoms with E-state index in [1.54, 1.807) is 0 Å². The molecule has 0 aliphatic heterocycles. The Morgan fingerprint density at radius 2 is 1.33 bits per heavy atom. The molecule has 0 unspecified atom stereocenters. The molecule has 0 atom stereocenters. The van der Waals surface area contributed by atoms with Gasteiger partial charge in [0.2, 0.25) is 6.71 Å². The third-order valence-corrected chi connectivity index (χ3v) is 3.53. The summed E-state index contributed by atoms with van der Waals surface area (Å²) in [5.74, 6) is 0. The van der Waals surface area contributed by atoms with Crippen molar-refractivity contribution in [2.45, 2.75) is 20.2 Å². The molecule has 2 rings (SSSR count). The van der Waals surface area contributed by atoms with Crippen LogP contribution in [0.2, 0.25) is 6.32 Å². The fourth-order valence-corrected chi connectivity index (χ4v) is 2.54. The lowest BCUT2D eigenvalue weighted by molar-refractivity contribution is 1.47. The van der Waals surface area contributed by atoms with Crippen LogP contribution in [0.4, 0.5) is 0 Å². The third kappa shape index (κ3) is 2.56. The molecule has 0 radical (unpaired) electrons. The van der Waals surface area contributed by atoms with Crippen molar-refractivity contribution in [3.63, 3.8) is 0 Å². The Labute approximate surface area is 110 Å². The zero-order valence-electron chi connectivity index (χ0n) is 11.2. The van der Waals surface area contributed by atoms with Crippen molar-refractivity contribution in [2.75, 3.05) is 0 Å². The fraction of sp³-hybridized carbons (Fsp3) is 0.176. The highest BCUT2D eigenvalue weighted by molar-refractivity contribution is 6.86. The Hall–Kier alpha value is -1.76. The van der Waals surface area contributed by atoms with Crippen LogP contribution in [0.25, 0.3) is 0 Å². The minimum atomic E-state index is 0.421. The van der Waals surface area contributed by atoms with Gasteiger partial charge in [0.1, 0.15) is 0 Å². The van der Waals surface area contributed by atoms with Gasteiger partial charge in [-0.25, -0.2) is 0 Å². The molecule has 2 aromatic carbocycles. The van der Waals surface area contributed by atoms with Crippen LogP contribution in [0.5, 0.6) is 0 Å². The van der Waals surface area contributed by atoms with Crippen LogP contribution in [0.3, 0.4) is 0 Å². The van der Waals surface area contributed by atoms with Gasteiger partial charge in [0.25, 0.3) is 0 Å². The lowest BCUT2D eigenvalue weighted by atomic mass is 9.37. The van der Waals surface area contributed by atoms with Gasteiger partial charge in [0.15, 0.2) is 0 Å². The van der Waals surface area contributed by atoms with Crippen molar-refractivity contribution in [1.29, 1.82) is 0 Å². The maximum absolute atomic E-state index is 3.91. The molecular weight excluding hydrogens is 215 g/mol. The van der Waals surface area contributed by atoms with Crippen molar-refractivity contribution in [1.82, 2.24) is 0 Å². The Morgan fingerprint density at radius 3 is 1.72 bits per heavy atom. The third-order valence-electron chi connectivity index (χ3n) is 3.53. The van der Waals surface area contributed by atoms with Gasteiger partial charge in [0.05, 0.1) is 0 Å². The average molecular weight is 234 g/mol. The lowest BCUT2D eigenvalue weighted by Gasteiger charge is -2.17. The Bertz CT molecular complexity index is 497. The van der Waals surface area contributed by atoms with Crippen LogP contribution in [0.15, 0.2) is 61.2 Å². The zero-order chi connectivity index (χ0) is 13.0. The van der Waals surface area contributed by atoms with Gasteiger partial charge in [-0.3, -0.25) is 0 Å². The highest BCUT2D eigenvalue weighted by Crippen LogP contribution is 2.05. The van der Waals surface area contributed by atoms with Crippen molar-refractivity contribution in [3.8, 4) is 0 Å². The van der Waals surface area contributed by atoms with E-state index in [9.17, 15) is 0 Å². The summed E-state index contributed by atoms with van der Waals surface area (Å²) < 4.78 is 0. The first kappa shape index (κ1) is 12.7. The Kier molecular flexibility index (Phi) is 4.04. The van der Waals surface area contributed by atoms with Crippen LogP contribution >= 0.6 is 0 Å². The van der Waals surface area contributed by atoms with E-state index in [1.807, 2.05) is 6.08 Å². The smallest absolute Gasteiger partial charge is 0.104 e. The molecule has 0 bridgehead atoms.